The summed E-state index contributed by atoms with van der Waals surface area (Å²) in [5, 5.41) is 9.93. The second-order valence-electron chi connectivity index (χ2n) is 4.75. The maximum Gasteiger partial charge on any atom is 0.336 e. The molecule has 0 saturated carbocycles. The van der Waals surface area contributed by atoms with Crippen molar-refractivity contribution in [1.82, 2.24) is 4.98 Å². The zero-order chi connectivity index (χ0) is 14.8. The number of para-hydroxylation sites is 1. The maximum atomic E-state index is 11.4. The molecule has 0 aliphatic carbocycles. The van der Waals surface area contributed by atoms with Crippen LogP contribution in [-0.2, 0) is 0 Å². The van der Waals surface area contributed by atoms with Crippen molar-refractivity contribution in [3.63, 3.8) is 0 Å². The number of carboxylic acids is 1. The van der Waals surface area contributed by atoms with Gasteiger partial charge in [0.15, 0.2) is 0 Å². The Hall–Kier alpha value is -2.88. The second kappa shape index (κ2) is 5.25. The molecular formula is C17H13NO3. The monoisotopic (exact) mass is 279 g/mol. The van der Waals surface area contributed by atoms with E-state index in [-0.39, 0.29) is 11.4 Å². The van der Waals surface area contributed by atoms with Crippen molar-refractivity contribution < 1.29 is 14.6 Å². The molecule has 0 aliphatic rings. The van der Waals surface area contributed by atoms with Crippen LogP contribution >= 0.6 is 0 Å². The summed E-state index contributed by atoms with van der Waals surface area (Å²) < 4.78 is 5.68. The van der Waals surface area contributed by atoms with Crippen LogP contribution in [0, 0.1) is 6.92 Å². The normalized spacial score (nSPS) is 10.5. The number of fused-ring (bicyclic) bond motifs is 1. The zero-order valence-corrected chi connectivity index (χ0v) is 11.4. The highest BCUT2D eigenvalue weighted by Crippen LogP contribution is 2.26. The second-order valence-corrected chi connectivity index (χ2v) is 4.75. The van der Waals surface area contributed by atoms with Crippen LogP contribution in [0.25, 0.3) is 10.9 Å². The van der Waals surface area contributed by atoms with Gasteiger partial charge in [0.25, 0.3) is 0 Å². The van der Waals surface area contributed by atoms with E-state index in [9.17, 15) is 9.90 Å². The third-order valence-electron chi connectivity index (χ3n) is 3.14. The van der Waals surface area contributed by atoms with Gasteiger partial charge in [0.05, 0.1) is 11.1 Å². The fourth-order valence-electron chi connectivity index (χ4n) is 2.18. The molecule has 1 N–H and O–H groups in total. The Morgan fingerprint density at radius 1 is 1.10 bits per heavy atom. The van der Waals surface area contributed by atoms with Gasteiger partial charge in [0, 0.05) is 11.5 Å². The Kier molecular flexibility index (Phi) is 3.28. The number of nitrogens with zero attached hydrogens (tertiary/aromatic N) is 1. The molecule has 2 aromatic carbocycles. The number of aromatic carboxylic acids is 1. The first-order valence-corrected chi connectivity index (χ1v) is 6.51. The van der Waals surface area contributed by atoms with Crippen molar-refractivity contribution in [1.29, 1.82) is 0 Å². The summed E-state index contributed by atoms with van der Waals surface area (Å²) in [5.41, 5.74) is 1.84. The lowest BCUT2D eigenvalue weighted by molar-refractivity contribution is 0.0698. The van der Waals surface area contributed by atoms with E-state index in [1.165, 1.54) is 6.07 Å². The molecule has 0 amide bonds. The van der Waals surface area contributed by atoms with Crippen LogP contribution in [0.3, 0.4) is 0 Å². The summed E-state index contributed by atoms with van der Waals surface area (Å²) in [5.74, 6) is -0.0893. The Morgan fingerprint density at radius 3 is 2.67 bits per heavy atom. The average Bonchev–Trinajstić information content (AvgIpc) is 2.46. The lowest BCUT2D eigenvalue weighted by atomic mass is 10.1. The van der Waals surface area contributed by atoms with Gasteiger partial charge in [-0.1, -0.05) is 30.3 Å². The topological polar surface area (TPSA) is 59.4 Å². The van der Waals surface area contributed by atoms with Crippen LogP contribution in [0.4, 0.5) is 0 Å². The Balaban J connectivity index is 2.09. The van der Waals surface area contributed by atoms with Crippen LogP contribution in [0.2, 0.25) is 0 Å². The quantitative estimate of drug-likeness (QED) is 0.786. The third-order valence-corrected chi connectivity index (χ3v) is 3.14. The summed E-state index contributed by atoms with van der Waals surface area (Å²) >= 11 is 0. The van der Waals surface area contributed by atoms with E-state index in [0.29, 0.717) is 16.7 Å². The number of carboxylic acid groups (broad SMARTS) is 1. The van der Waals surface area contributed by atoms with E-state index in [2.05, 4.69) is 4.98 Å². The molecular weight excluding hydrogens is 266 g/mol. The molecule has 3 aromatic rings. The van der Waals surface area contributed by atoms with Crippen LogP contribution in [0.5, 0.6) is 11.6 Å². The SMILES string of the molecule is Cc1cccc(Oc2cc(C(=O)O)c3ccccc3n2)c1. The molecule has 1 heterocycles. The smallest absolute Gasteiger partial charge is 0.336 e. The van der Waals surface area contributed by atoms with Gasteiger partial charge >= 0.3 is 5.97 Å². The number of benzene rings is 2. The van der Waals surface area contributed by atoms with Gasteiger partial charge in [-0.2, -0.15) is 0 Å². The van der Waals surface area contributed by atoms with Crippen molar-refractivity contribution in [3.05, 3.63) is 65.7 Å². The van der Waals surface area contributed by atoms with Crippen molar-refractivity contribution in [3.8, 4) is 11.6 Å². The Morgan fingerprint density at radius 2 is 1.90 bits per heavy atom. The minimum Gasteiger partial charge on any atom is -0.478 e. The van der Waals surface area contributed by atoms with E-state index in [1.807, 2.05) is 37.3 Å². The van der Waals surface area contributed by atoms with Crippen molar-refractivity contribution in [2.45, 2.75) is 6.92 Å². The standard InChI is InChI=1S/C17H13NO3/c1-11-5-4-6-12(9-11)21-16-10-14(17(19)20)13-7-2-3-8-15(13)18-16/h2-10H,1H3,(H,19,20). The third kappa shape index (κ3) is 2.69. The molecule has 4 heteroatoms. The van der Waals surface area contributed by atoms with Crippen LogP contribution in [-0.4, -0.2) is 16.1 Å². The van der Waals surface area contributed by atoms with Gasteiger partial charge < -0.3 is 9.84 Å². The lowest BCUT2D eigenvalue weighted by Gasteiger charge is -2.08. The number of carbonyl (C=O) groups is 1. The minimum absolute atomic E-state index is 0.184. The molecule has 0 aliphatic heterocycles. The van der Waals surface area contributed by atoms with Crippen LogP contribution < -0.4 is 4.74 Å². The molecule has 21 heavy (non-hydrogen) atoms. The molecule has 0 bridgehead atoms. The van der Waals surface area contributed by atoms with Gasteiger partial charge in [0.1, 0.15) is 5.75 Å². The highest BCUT2D eigenvalue weighted by atomic mass is 16.5. The van der Waals surface area contributed by atoms with E-state index < -0.39 is 5.97 Å². The summed E-state index contributed by atoms with van der Waals surface area (Å²) in [7, 11) is 0. The molecule has 1 aromatic heterocycles. The highest BCUT2D eigenvalue weighted by molar-refractivity contribution is 6.02. The van der Waals surface area contributed by atoms with Gasteiger partial charge in [0.2, 0.25) is 5.88 Å². The van der Waals surface area contributed by atoms with E-state index in [0.717, 1.165) is 5.56 Å². The van der Waals surface area contributed by atoms with E-state index >= 15 is 0 Å². The zero-order valence-electron chi connectivity index (χ0n) is 11.4. The largest absolute Gasteiger partial charge is 0.478 e. The molecule has 0 unspecified atom stereocenters. The van der Waals surface area contributed by atoms with Crippen molar-refractivity contribution in [2.75, 3.05) is 0 Å². The predicted molar refractivity (Wildman–Crippen MR) is 80.0 cm³/mol. The molecule has 3 rings (SSSR count). The fraction of sp³-hybridized carbons (Fsp3) is 0.0588. The Labute approximate surface area is 121 Å². The van der Waals surface area contributed by atoms with E-state index in [4.69, 9.17) is 4.74 Å². The van der Waals surface area contributed by atoms with Gasteiger partial charge in [-0.15, -0.1) is 0 Å². The summed E-state index contributed by atoms with van der Waals surface area (Å²) in [6, 6.07) is 16.1. The van der Waals surface area contributed by atoms with Crippen LogP contribution in [0.1, 0.15) is 15.9 Å². The molecule has 0 radical (unpaired) electrons. The first kappa shape index (κ1) is 13.1. The molecule has 4 nitrogen and oxygen atoms in total. The number of ether oxygens (including phenoxy) is 1. The summed E-state index contributed by atoms with van der Waals surface area (Å²) in [6.45, 7) is 1.96. The van der Waals surface area contributed by atoms with Crippen LogP contribution in [0.15, 0.2) is 54.6 Å². The minimum atomic E-state index is -0.998. The molecule has 104 valence electrons. The summed E-state index contributed by atoms with van der Waals surface area (Å²) in [4.78, 5) is 15.7. The summed E-state index contributed by atoms with van der Waals surface area (Å²) in [6.07, 6.45) is 0. The van der Waals surface area contributed by atoms with Gasteiger partial charge in [-0.05, 0) is 30.7 Å². The maximum absolute atomic E-state index is 11.4. The van der Waals surface area contributed by atoms with Gasteiger partial charge in [-0.25, -0.2) is 9.78 Å². The molecule has 0 saturated heterocycles. The number of aromatic nitrogens is 1. The first-order valence-electron chi connectivity index (χ1n) is 6.51. The highest BCUT2D eigenvalue weighted by Gasteiger charge is 2.12. The van der Waals surface area contributed by atoms with Crippen molar-refractivity contribution in [2.24, 2.45) is 0 Å². The number of hydrogen-bond donors (Lipinski definition) is 1. The predicted octanol–water partition coefficient (Wildman–Crippen LogP) is 4.03. The average molecular weight is 279 g/mol. The number of pyridine rings is 1. The first-order chi connectivity index (χ1) is 10.1. The number of rotatable bonds is 3. The Bertz CT molecular complexity index is 827. The number of aryl methyl sites for hydroxylation is 1. The molecule has 0 spiro atoms. The van der Waals surface area contributed by atoms with Crippen molar-refractivity contribution >= 4 is 16.9 Å². The molecule has 0 atom stereocenters. The molecule has 0 fully saturated rings. The lowest BCUT2D eigenvalue weighted by Crippen LogP contribution is -2.00. The van der Waals surface area contributed by atoms with Gasteiger partial charge in [-0.3, -0.25) is 0 Å². The number of hydrogen-bond acceptors (Lipinski definition) is 3. The fourth-order valence-corrected chi connectivity index (χ4v) is 2.18. The van der Waals surface area contributed by atoms with E-state index in [1.54, 1.807) is 18.2 Å².